The second-order valence-corrected chi connectivity index (χ2v) is 10.1. The number of benzene rings is 2. The average Bonchev–Trinajstić information content (AvgIpc) is 3.28. The van der Waals surface area contributed by atoms with Crippen molar-refractivity contribution in [2.24, 2.45) is 0 Å². The van der Waals surface area contributed by atoms with Crippen LogP contribution in [-0.4, -0.2) is 39.4 Å². The van der Waals surface area contributed by atoms with Crippen molar-refractivity contribution in [3.05, 3.63) is 69.8 Å². The molecule has 12 heteroatoms. The maximum Gasteiger partial charge on any atom is 0.307 e. The third-order valence-electron chi connectivity index (χ3n) is 5.21. The van der Waals surface area contributed by atoms with E-state index in [4.69, 9.17) is 16.7 Å². The quantitative estimate of drug-likeness (QED) is 0.312. The molecule has 1 amide bonds. The Morgan fingerprint density at radius 3 is 2.71 bits per heavy atom. The first-order valence-corrected chi connectivity index (χ1v) is 12.1. The lowest BCUT2D eigenvalue weighted by atomic mass is 10.1. The predicted octanol–water partition coefficient (Wildman–Crippen LogP) is 4.91. The standard InChI is InChI=1S/C22H19ClF2N4O3S2/c1-29-17(21(32)27-13-7-14(23)20(25)15(24)8-13)9-16(28-34-29)22-26-10-18(33-22)12-4-2-11(3-5-12)6-19(30)31/h2-5,7-8,10,16-17,28H,6,9H2,1H3,(H,27,32)(H,30,31). The first-order chi connectivity index (χ1) is 16.2. The SMILES string of the molecule is CN1SNC(c2ncc(-c3ccc(CC(=O)O)cc3)s2)CC1C(=O)Nc1cc(F)c(F)c(Cl)c1. The molecule has 3 N–H and O–H groups in total. The highest BCUT2D eigenvalue weighted by Gasteiger charge is 2.34. The topological polar surface area (TPSA) is 94.6 Å². The molecule has 4 rings (SSSR count). The number of halogens is 3. The summed E-state index contributed by atoms with van der Waals surface area (Å²) in [5, 5.41) is 11.9. The summed E-state index contributed by atoms with van der Waals surface area (Å²) in [7, 11) is 1.75. The number of carboxylic acids is 1. The molecule has 1 aliphatic rings. The van der Waals surface area contributed by atoms with Gasteiger partial charge in [0.05, 0.1) is 22.4 Å². The molecule has 0 radical (unpaired) electrons. The van der Waals surface area contributed by atoms with Gasteiger partial charge < -0.3 is 10.4 Å². The number of hydrogen-bond donors (Lipinski definition) is 3. The second kappa shape index (κ2) is 10.4. The summed E-state index contributed by atoms with van der Waals surface area (Å²) < 4.78 is 32.1. The summed E-state index contributed by atoms with van der Waals surface area (Å²) in [5.74, 6) is -3.57. The molecule has 1 aliphatic heterocycles. The summed E-state index contributed by atoms with van der Waals surface area (Å²) in [4.78, 5) is 29.2. The Kier molecular flexibility index (Phi) is 7.48. The average molecular weight is 525 g/mol. The lowest BCUT2D eigenvalue weighted by Gasteiger charge is -2.34. The van der Waals surface area contributed by atoms with Gasteiger partial charge in [0.1, 0.15) is 11.0 Å². The van der Waals surface area contributed by atoms with Crippen molar-refractivity contribution in [2.75, 3.05) is 12.4 Å². The number of thiazole rings is 1. The van der Waals surface area contributed by atoms with E-state index in [0.29, 0.717) is 12.0 Å². The van der Waals surface area contributed by atoms with Crippen LogP contribution in [0.3, 0.4) is 0 Å². The molecule has 3 aromatic rings. The van der Waals surface area contributed by atoms with Crippen molar-refractivity contribution < 1.29 is 23.5 Å². The lowest BCUT2D eigenvalue weighted by Crippen LogP contribution is -2.46. The summed E-state index contributed by atoms with van der Waals surface area (Å²) >= 11 is 8.42. The number of carbonyl (C=O) groups excluding carboxylic acids is 1. The largest absolute Gasteiger partial charge is 0.481 e. The Hall–Kier alpha value is -2.57. The van der Waals surface area contributed by atoms with Gasteiger partial charge in [-0.25, -0.2) is 22.8 Å². The Bertz CT molecular complexity index is 1200. The van der Waals surface area contributed by atoms with Crippen LogP contribution < -0.4 is 10.0 Å². The fourth-order valence-corrected chi connectivity index (χ4v) is 5.53. The van der Waals surface area contributed by atoms with E-state index in [-0.39, 0.29) is 24.1 Å². The summed E-state index contributed by atoms with van der Waals surface area (Å²) in [6.07, 6.45) is 2.11. The van der Waals surface area contributed by atoms with Gasteiger partial charge in [-0.05, 0) is 30.7 Å². The lowest BCUT2D eigenvalue weighted by molar-refractivity contribution is -0.136. The molecule has 0 spiro atoms. The van der Waals surface area contributed by atoms with E-state index in [0.717, 1.165) is 21.5 Å². The van der Waals surface area contributed by atoms with E-state index < -0.39 is 28.7 Å². The summed E-state index contributed by atoms with van der Waals surface area (Å²) in [6, 6.07) is 8.54. The van der Waals surface area contributed by atoms with Gasteiger partial charge in [-0.1, -0.05) is 35.9 Å². The minimum atomic E-state index is -1.16. The third kappa shape index (κ3) is 5.56. The zero-order valence-corrected chi connectivity index (χ0v) is 20.1. The van der Waals surface area contributed by atoms with Gasteiger partial charge in [-0.2, -0.15) is 0 Å². The van der Waals surface area contributed by atoms with Gasteiger partial charge in [0.15, 0.2) is 11.6 Å². The van der Waals surface area contributed by atoms with Gasteiger partial charge in [-0.3, -0.25) is 9.59 Å². The van der Waals surface area contributed by atoms with Crippen molar-refractivity contribution in [3.8, 4) is 10.4 Å². The maximum atomic E-state index is 13.6. The van der Waals surface area contributed by atoms with E-state index in [9.17, 15) is 18.4 Å². The number of carbonyl (C=O) groups is 2. The molecule has 0 bridgehead atoms. The minimum absolute atomic E-state index is 0.0365. The van der Waals surface area contributed by atoms with Crippen LogP contribution in [0, 0.1) is 11.6 Å². The van der Waals surface area contributed by atoms with E-state index >= 15 is 0 Å². The molecule has 178 valence electrons. The van der Waals surface area contributed by atoms with Crippen molar-refractivity contribution in [2.45, 2.75) is 24.9 Å². The molecule has 1 saturated heterocycles. The molecule has 2 atom stereocenters. The van der Waals surface area contributed by atoms with Crippen LogP contribution in [0.15, 0.2) is 42.6 Å². The molecule has 2 unspecified atom stereocenters. The van der Waals surface area contributed by atoms with E-state index in [1.165, 1.54) is 29.5 Å². The second-order valence-electron chi connectivity index (χ2n) is 7.63. The molecule has 2 heterocycles. The van der Waals surface area contributed by atoms with Gasteiger partial charge in [-0.15, -0.1) is 11.3 Å². The number of rotatable bonds is 6. The highest BCUT2D eigenvalue weighted by molar-refractivity contribution is 7.95. The van der Waals surface area contributed by atoms with Crippen LogP contribution in [-0.2, 0) is 16.0 Å². The highest BCUT2D eigenvalue weighted by atomic mass is 35.5. The molecule has 0 aliphatic carbocycles. The van der Waals surface area contributed by atoms with Gasteiger partial charge >= 0.3 is 5.97 Å². The number of anilines is 1. The smallest absolute Gasteiger partial charge is 0.307 e. The van der Waals surface area contributed by atoms with Crippen LogP contribution in [0.4, 0.5) is 14.5 Å². The molecule has 34 heavy (non-hydrogen) atoms. The number of amides is 1. The number of aliphatic carboxylic acids is 1. The fourth-order valence-electron chi connectivity index (χ4n) is 3.45. The van der Waals surface area contributed by atoms with Gasteiger partial charge in [0, 0.05) is 30.1 Å². The Balaban J connectivity index is 1.45. The number of likely N-dealkylation sites (N-methyl/N-ethyl adjacent to an activating group) is 1. The molecule has 7 nitrogen and oxygen atoms in total. The number of nitrogens with zero attached hydrogens (tertiary/aromatic N) is 2. The number of carboxylic acid groups (broad SMARTS) is 1. The minimum Gasteiger partial charge on any atom is -0.481 e. The highest BCUT2D eigenvalue weighted by Crippen LogP contribution is 2.36. The third-order valence-corrected chi connectivity index (χ3v) is 7.57. The Morgan fingerprint density at radius 2 is 2.03 bits per heavy atom. The number of hydrogen-bond acceptors (Lipinski definition) is 7. The van der Waals surface area contributed by atoms with Crippen molar-refractivity contribution in [1.29, 1.82) is 0 Å². The summed E-state index contributed by atoms with van der Waals surface area (Å²) in [6.45, 7) is 0. The molecule has 2 aromatic carbocycles. The van der Waals surface area contributed by atoms with Crippen molar-refractivity contribution in [3.63, 3.8) is 0 Å². The molecule has 0 saturated carbocycles. The van der Waals surface area contributed by atoms with E-state index in [2.05, 4.69) is 15.0 Å². The predicted molar refractivity (Wildman–Crippen MR) is 129 cm³/mol. The van der Waals surface area contributed by atoms with Crippen LogP contribution >= 0.6 is 35.1 Å². The van der Waals surface area contributed by atoms with E-state index in [1.807, 2.05) is 12.1 Å². The van der Waals surface area contributed by atoms with Crippen LogP contribution in [0.1, 0.15) is 23.0 Å². The van der Waals surface area contributed by atoms with E-state index in [1.54, 1.807) is 29.7 Å². The Morgan fingerprint density at radius 1 is 1.29 bits per heavy atom. The normalized spacial score (nSPS) is 18.6. The Labute approximate surface area is 207 Å². The van der Waals surface area contributed by atoms with Crippen LogP contribution in [0.2, 0.25) is 5.02 Å². The van der Waals surface area contributed by atoms with Crippen LogP contribution in [0.5, 0.6) is 0 Å². The number of aromatic nitrogens is 1. The summed E-state index contributed by atoms with van der Waals surface area (Å²) in [5.41, 5.74) is 1.71. The van der Waals surface area contributed by atoms with Crippen molar-refractivity contribution in [1.82, 2.24) is 14.0 Å². The number of nitrogens with one attached hydrogen (secondary N) is 2. The first-order valence-electron chi connectivity index (χ1n) is 10.1. The molecule has 1 fully saturated rings. The fraction of sp³-hybridized carbons (Fsp3) is 0.227. The zero-order valence-electron chi connectivity index (χ0n) is 17.7. The van der Waals surface area contributed by atoms with Gasteiger partial charge in [0.25, 0.3) is 0 Å². The van der Waals surface area contributed by atoms with Crippen molar-refractivity contribution >= 4 is 52.6 Å². The first kappa shape index (κ1) is 24.6. The molecule has 1 aromatic heterocycles. The molecular formula is C22H19ClF2N4O3S2. The zero-order chi connectivity index (χ0) is 24.4. The van der Waals surface area contributed by atoms with Gasteiger partial charge in [0.2, 0.25) is 5.91 Å². The van der Waals surface area contributed by atoms with Crippen LogP contribution in [0.25, 0.3) is 10.4 Å². The monoisotopic (exact) mass is 524 g/mol. The molecular weight excluding hydrogens is 506 g/mol. The maximum absolute atomic E-state index is 13.6.